The number of nitrogens with zero attached hydrogens (tertiary/aromatic N) is 3. The van der Waals surface area contributed by atoms with Gasteiger partial charge in [-0.05, 0) is 74.5 Å². The van der Waals surface area contributed by atoms with Crippen LogP contribution in [0.3, 0.4) is 0 Å². The van der Waals surface area contributed by atoms with Gasteiger partial charge in [0.05, 0.1) is 22.6 Å². The molecule has 3 nitrogen and oxygen atoms in total. The number of pyridine rings is 1. The van der Waals surface area contributed by atoms with E-state index in [1.807, 2.05) is 42.5 Å². The standard InChI is InChI=1S/C53H35N3/c1-5-14-38(15-6-1)47-34-49(40-16-7-2-8-17-40)54-48-31-30-39-28-29-44(33-46(39)52(47)48)37-26-24-36(25-27-37)43-22-13-23-45(32-43)53-55-50(41-18-9-3-10-19-41)35-51(56-53)42-20-11-4-12-21-42/h1-35H. The summed E-state index contributed by atoms with van der Waals surface area (Å²) in [7, 11) is 0. The van der Waals surface area contributed by atoms with Gasteiger partial charge in [-0.2, -0.15) is 0 Å². The van der Waals surface area contributed by atoms with Crippen molar-refractivity contribution in [1.82, 2.24) is 15.0 Å². The maximum Gasteiger partial charge on any atom is 0.160 e. The molecule has 0 saturated heterocycles. The minimum atomic E-state index is 0.701. The molecule has 2 heterocycles. The van der Waals surface area contributed by atoms with Gasteiger partial charge in [0.25, 0.3) is 0 Å². The molecule has 10 aromatic rings. The molecule has 0 aliphatic rings. The van der Waals surface area contributed by atoms with Crippen LogP contribution in [0.2, 0.25) is 0 Å². The average Bonchev–Trinajstić information content (AvgIpc) is 3.29. The first-order chi connectivity index (χ1) is 27.7. The lowest BCUT2D eigenvalue weighted by Gasteiger charge is -2.14. The van der Waals surface area contributed by atoms with E-state index >= 15 is 0 Å². The molecule has 10 rings (SSSR count). The SMILES string of the molecule is c1ccc(-c2cc(-c3ccccc3)nc(-c3cccc(-c4ccc(-c5ccc6ccc7nc(-c8ccccc8)cc(-c8ccccc8)c7c6c5)cc4)c3)n2)cc1. The van der Waals surface area contributed by atoms with Gasteiger partial charge < -0.3 is 0 Å². The fourth-order valence-corrected chi connectivity index (χ4v) is 7.62. The molecule has 3 heteroatoms. The molecule has 0 atom stereocenters. The molecule has 0 spiro atoms. The summed E-state index contributed by atoms with van der Waals surface area (Å²) in [5.41, 5.74) is 14.9. The van der Waals surface area contributed by atoms with E-state index in [1.54, 1.807) is 0 Å². The van der Waals surface area contributed by atoms with Gasteiger partial charge in [0, 0.05) is 27.6 Å². The highest BCUT2D eigenvalue weighted by Crippen LogP contribution is 2.39. The third-order valence-corrected chi connectivity index (χ3v) is 10.5. The summed E-state index contributed by atoms with van der Waals surface area (Å²) < 4.78 is 0. The lowest BCUT2D eigenvalue weighted by atomic mass is 9.92. The Morgan fingerprint density at radius 1 is 0.268 bits per heavy atom. The molecule has 0 aliphatic heterocycles. The van der Waals surface area contributed by atoms with Crippen molar-refractivity contribution in [1.29, 1.82) is 0 Å². The molecule has 0 bridgehead atoms. The van der Waals surface area contributed by atoms with Gasteiger partial charge in [0.1, 0.15) is 0 Å². The molecule has 0 fully saturated rings. The van der Waals surface area contributed by atoms with Crippen LogP contribution in [0.1, 0.15) is 0 Å². The number of fused-ring (bicyclic) bond motifs is 3. The Balaban J connectivity index is 1.03. The smallest absolute Gasteiger partial charge is 0.160 e. The Bertz CT molecular complexity index is 2920. The van der Waals surface area contributed by atoms with Crippen molar-refractivity contribution in [2.24, 2.45) is 0 Å². The third kappa shape index (κ3) is 6.42. The maximum atomic E-state index is 5.19. The maximum absolute atomic E-state index is 5.19. The molecule has 0 radical (unpaired) electrons. The van der Waals surface area contributed by atoms with Crippen molar-refractivity contribution < 1.29 is 0 Å². The Kier molecular flexibility index (Phi) is 8.51. The minimum absolute atomic E-state index is 0.701. The summed E-state index contributed by atoms with van der Waals surface area (Å²) >= 11 is 0. The number of hydrogen-bond acceptors (Lipinski definition) is 3. The summed E-state index contributed by atoms with van der Waals surface area (Å²) in [4.78, 5) is 15.3. The lowest BCUT2D eigenvalue weighted by Crippen LogP contribution is -1.96. The second kappa shape index (κ2) is 14.4. The van der Waals surface area contributed by atoms with Crippen molar-refractivity contribution in [2.45, 2.75) is 0 Å². The molecule has 0 unspecified atom stereocenters. The van der Waals surface area contributed by atoms with E-state index in [0.29, 0.717) is 5.82 Å². The van der Waals surface area contributed by atoms with Crippen LogP contribution in [0.4, 0.5) is 0 Å². The highest BCUT2D eigenvalue weighted by atomic mass is 14.9. The van der Waals surface area contributed by atoms with Gasteiger partial charge in [-0.15, -0.1) is 0 Å². The van der Waals surface area contributed by atoms with Gasteiger partial charge in [-0.3, -0.25) is 0 Å². The van der Waals surface area contributed by atoms with Gasteiger partial charge in [0.2, 0.25) is 0 Å². The Labute approximate surface area is 326 Å². The number of benzene rings is 8. The van der Waals surface area contributed by atoms with Gasteiger partial charge in [-0.25, -0.2) is 15.0 Å². The van der Waals surface area contributed by atoms with Crippen LogP contribution in [0, 0.1) is 0 Å². The van der Waals surface area contributed by atoms with E-state index in [-0.39, 0.29) is 0 Å². The van der Waals surface area contributed by atoms with Crippen molar-refractivity contribution in [2.75, 3.05) is 0 Å². The molecular formula is C53H35N3. The predicted molar refractivity (Wildman–Crippen MR) is 233 cm³/mol. The molecule has 0 amide bonds. The van der Waals surface area contributed by atoms with E-state index in [1.165, 1.54) is 21.9 Å². The monoisotopic (exact) mass is 713 g/mol. The topological polar surface area (TPSA) is 38.7 Å². The van der Waals surface area contributed by atoms with Crippen LogP contribution < -0.4 is 0 Å². The molecule has 2 aromatic heterocycles. The molecule has 0 aliphatic carbocycles. The summed E-state index contributed by atoms with van der Waals surface area (Å²) in [5, 5.41) is 3.54. The normalized spacial score (nSPS) is 11.2. The predicted octanol–water partition coefficient (Wildman–Crippen LogP) is 13.8. The van der Waals surface area contributed by atoms with E-state index < -0.39 is 0 Å². The second-order valence-electron chi connectivity index (χ2n) is 14.0. The zero-order chi connectivity index (χ0) is 37.3. The first-order valence-corrected chi connectivity index (χ1v) is 18.9. The molecule has 8 aromatic carbocycles. The van der Waals surface area contributed by atoms with E-state index in [2.05, 4.69) is 170 Å². The van der Waals surface area contributed by atoms with Gasteiger partial charge in [-0.1, -0.05) is 182 Å². The quantitative estimate of drug-likeness (QED) is 0.154. The molecular weight excluding hydrogens is 679 g/mol. The fraction of sp³-hybridized carbons (Fsp3) is 0. The largest absolute Gasteiger partial charge is 0.248 e. The van der Waals surface area contributed by atoms with Crippen molar-refractivity contribution >= 4 is 21.7 Å². The van der Waals surface area contributed by atoms with Crippen LogP contribution in [-0.4, -0.2) is 15.0 Å². The Morgan fingerprint density at radius 2 is 0.714 bits per heavy atom. The fourth-order valence-electron chi connectivity index (χ4n) is 7.62. The lowest BCUT2D eigenvalue weighted by molar-refractivity contribution is 1.18. The summed E-state index contributed by atoms with van der Waals surface area (Å²) in [6, 6.07) is 74.6. The highest BCUT2D eigenvalue weighted by molar-refractivity contribution is 6.14. The van der Waals surface area contributed by atoms with E-state index in [0.717, 1.165) is 72.5 Å². The molecule has 0 saturated carbocycles. The number of hydrogen-bond donors (Lipinski definition) is 0. The first-order valence-electron chi connectivity index (χ1n) is 18.9. The van der Waals surface area contributed by atoms with Crippen molar-refractivity contribution in [3.05, 3.63) is 212 Å². The van der Waals surface area contributed by atoms with Crippen LogP contribution >= 0.6 is 0 Å². The van der Waals surface area contributed by atoms with Crippen LogP contribution in [0.25, 0.3) is 100 Å². The zero-order valence-electron chi connectivity index (χ0n) is 30.5. The number of aromatic nitrogens is 3. The number of rotatable bonds is 7. The summed E-state index contributed by atoms with van der Waals surface area (Å²) in [6.45, 7) is 0. The molecule has 0 N–H and O–H groups in total. The van der Waals surface area contributed by atoms with Crippen molar-refractivity contribution in [3.63, 3.8) is 0 Å². The Hall–Kier alpha value is -7.49. The molecule has 56 heavy (non-hydrogen) atoms. The van der Waals surface area contributed by atoms with Gasteiger partial charge >= 0.3 is 0 Å². The summed E-state index contributed by atoms with van der Waals surface area (Å²) in [6.07, 6.45) is 0. The van der Waals surface area contributed by atoms with Crippen LogP contribution in [0.5, 0.6) is 0 Å². The van der Waals surface area contributed by atoms with Gasteiger partial charge in [0.15, 0.2) is 5.82 Å². The average molecular weight is 714 g/mol. The molecule has 262 valence electrons. The van der Waals surface area contributed by atoms with E-state index in [9.17, 15) is 0 Å². The van der Waals surface area contributed by atoms with E-state index in [4.69, 9.17) is 15.0 Å². The minimum Gasteiger partial charge on any atom is -0.248 e. The third-order valence-electron chi connectivity index (χ3n) is 10.5. The zero-order valence-corrected chi connectivity index (χ0v) is 30.5. The van der Waals surface area contributed by atoms with Crippen molar-refractivity contribution in [3.8, 4) is 78.5 Å². The van der Waals surface area contributed by atoms with Crippen LogP contribution in [-0.2, 0) is 0 Å². The highest BCUT2D eigenvalue weighted by Gasteiger charge is 2.15. The van der Waals surface area contributed by atoms with Crippen LogP contribution in [0.15, 0.2) is 212 Å². The summed E-state index contributed by atoms with van der Waals surface area (Å²) in [5.74, 6) is 0.701. The second-order valence-corrected chi connectivity index (χ2v) is 14.0. The Morgan fingerprint density at radius 3 is 1.29 bits per heavy atom. The first kappa shape index (κ1) is 33.1.